The molecule has 0 N–H and O–H groups in total. The van der Waals surface area contributed by atoms with E-state index in [-0.39, 0.29) is 5.91 Å². The van der Waals surface area contributed by atoms with E-state index in [2.05, 4.69) is 26.0 Å². The molecule has 4 nitrogen and oxygen atoms in total. The van der Waals surface area contributed by atoms with Crippen molar-refractivity contribution in [3.8, 4) is 0 Å². The molecule has 1 amide bonds. The lowest BCUT2D eigenvalue weighted by Crippen LogP contribution is -2.30. The summed E-state index contributed by atoms with van der Waals surface area (Å²) in [5.41, 5.74) is 5.02. The molecule has 4 rings (SSSR count). The van der Waals surface area contributed by atoms with E-state index >= 15 is 0 Å². The standard InChI is InChI=1S/C22H20N2O2S/c1-14-6-8-17(9-7-14)21(25)24(13-18-5-4-10-26-18)22-23-20-16(3)11-15(2)12-19(20)27-22/h4-12H,13H2,1-3H3. The summed E-state index contributed by atoms with van der Waals surface area (Å²) < 4.78 is 6.58. The van der Waals surface area contributed by atoms with Crippen LogP contribution in [0.1, 0.15) is 32.8 Å². The second kappa shape index (κ2) is 7.00. The Labute approximate surface area is 162 Å². The van der Waals surface area contributed by atoms with Gasteiger partial charge in [0.15, 0.2) is 5.13 Å². The van der Waals surface area contributed by atoms with E-state index in [1.54, 1.807) is 11.2 Å². The number of fused-ring (bicyclic) bond motifs is 1. The number of thiazole rings is 1. The van der Waals surface area contributed by atoms with Crippen molar-refractivity contribution >= 4 is 32.6 Å². The van der Waals surface area contributed by atoms with Gasteiger partial charge in [0.2, 0.25) is 0 Å². The second-order valence-corrected chi connectivity index (χ2v) is 7.77. The fraction of sp³-hybridized carbons (Fsp3) is 0.182. The third-order valence-corrected chi connectivity index (χ3v) is 5.51. The van der Waals surface area contributed by atoms with Gasteiger partial charge in [0, 0.05) is 5.56 Å². The first-order valence-electron chi connectivity index (χ1n) is 8.80. The molecule has 0 spiro atoms. The maximum Gasteiger partial charge on any atom is 0.260 e. The van der Waals surface area contributed by atoms with E-state index < -0.39 is 0 Å². The quantitative estimate of drug-likeness (QED) is 0.461. The number of anilines is 1. The smallest absolute Gasteiger partial charge is 0.260 e. The van der Waals surface area contributed by atoms with Gasteiger partial charge >= 0.3 is 0 Å². The molecular weight excluding hydrogens is 356 g/mol. The molecule has 4 aromatic rings. The van der Waals surface area contributed by atoms with Crippen LogP contribution in [0.2, 0.25) is 0 Å². The largest absolute Gasteiger partial charge is 0.467 e. The maximum absolute atomic E-state index is 13.3. The number of aryl methyl sites for hydroxylation is 3. The third-order valence-electron chi connectivity index (χ3n) is 4.49. The monoisotopic (exact) mass is 376 g/mol. The zero-order chi connectivity index (χ0) is 19.0. The first-order chi connectivity index (χ1) is 13.0. The van der Waals surface area contributed by atoms with Gasteiger partial charge in [0.1, 0.15) is 5.76 Å². The number of hydrogen-bond acceptors (Lipinski definition) is 4. The summed E-state index contributed by atoms with van der Waals surface area (Å²) in [6.07, 6.45) is 1.62. The minimum atomic E-state index is -0.0835. The number of rotatable bonds is 4. The molecule has 0 saturated carbocycles. The molecule has 0 aliphatic carbocycles. The van der Waals surface area contributed by atoms with Crippen molar-refractivity contribution < 1.29 is 9.21 Å². The van der Waals surface area contributed by atoms with Gasteiger partial charge in [-0.25, -0.2) is 4.98 Å². The third kappa shape index (κ3) is 3.51. The van der Waals surface area contributed by atoms with Gasteiger partial charge in [-0.2, -0.15) is 0 Å². The zero-order valence-electron chi connectivity index (χ0n) is 15.5. The molecule has 0 radical (unpaired) electrons. The predicted molar refractivity (Wildman–Crippen MR) is 109 cm³/mol. The van der Waals surface area contributed by atoms with Crippen molar-refractivity contribution in [2.45, 2.75) is 27.3 Å². The molecule has 0 atom stereocenters. The van der Waals surface area contributed by atoms with Crippen molar-refractivity contribution in [3.05, 3.63) is 82.8 Å². The van der Waals surface area contributed by atoms with Gasteiger partial charge in [0.25, 0.3) is 5.91 Å². The molecule has 27 heavy (non-hydrogen) atoms. The van der Waals surface area contributed by atoms with Crippen LogP contribution in [-0.4, -0.2) is 10.9 Å². The highest BCUT2D eigenvalue weighted by atomic mass is 32.1. The van der Waals surface area contributed by atoms with Gasteiger partial charge in [-0.15, -0.1) is 0 Å². The van der Waals surface area contributed by atoms with E-state index in [0.717, 1.165) is 27.1 Å². The van der Waals surface area contributed by atoms with Crippen molar-refractivity contribution in [1.29, 1.82) is 0 Å². The summed E-state index contributed by atoms with van der Waals surface area (Å²) in [6.45, 7) is 6.48. The van der Waals surface area contributed by atoms with E-state index in [1.807, 2.05) is 43.3 Å². The number of carbonyl (C=O) groups excluding carboxylic acids is 1. The van der Waals surface area contributed by atoms with Gasteiger partial charge < -0.3 is 4.42 Å². The highest BCUT2D eigenvalue weighted by Crippen LogP contribution is 2.33. The fourth-order valence-electron chi connectivity index (χ4n) is 3.11. The van der Waals surface area contributed by atoms with Gasteiger partial charge in [-0.1, -0.05) is 35.1 Å². The number of benzene rings is 2. The molecule has 2 aromatic heterocycles. The average Bonchev–Trinajstić information content (AvgIpc) is 3.29. The molecule has 0 saturated heterocycles. The van der Waals surface area contributed by atoms with Crippen molar-refractivity contribution in [2.24, 2.45) is 0 Å². The topological polar surface area (TPSA) is 46.3 Å². The van der Waals surface area contributed by atoms with Crippen LogP contribution in [0.25, 0.3) is 10.2 Å². The minimum Gasteiger partial charge on any atom is -0.467 e. The molecule has 0 aliphatic heterocycles. The Morgan fingerprint density at radius 2 is 1.85 bits per heavy atom. The first-order valence-corrected chi connectivity index (χ1v) is 9.61. The minimum absolute atomic E-state index is 0.0835. The highest BCUT2D eigenvalue weighted by Gasteiger charge is 2.23. The van der Waals surface area contributed by atoms with Crippen LogP contribution >= 0.6 is 11.3 Å². The van der Waals surface area contributed by atoms with E-state index in [1.165, 1.54) is 16.9 Å². The van der Waals surface area contributed by atoms with Crippen molar-refractivity contribution in [3.63, 3.8) is 0 Å². The van der Waals surface area contributed by atoms with Crippen molar-refractivity contribution in [1.82, 2.24) is 4.98 Å². The van der Waals surface area contributed by atoms with E-state index in [0.29, 0.717) is 17.2 Å². The molecule has 136 valence electrons. The normalized spacial score (nSPS) is 11.1. The van der Waals surface area contributed by atoms with E-state index in [4.69, 9.17) is 9.40 Å². The summed E-state index contributed by atoms with van der Waals surface area (Å²) in [6, 6.07) is 15.5. The Hall–Kier alpha value is -2.92. The number of carbonyl (C=O) groups is 1. The predicted octanol–water partition coefficient (Wildman–Crippen LogP) is 5.66. The first kappa shape index (κ1) is 17.5. The Morgan fingerprint density at radius 1 is 1.07 bits per heavy atom. The summed E-state index contributed by atoms with van der Waals surface area (Å²) in [5.74, 6) is 0.641. The molecule has 0 unspecified atom stereocenters. The lowest BCUT2D eigenvalue weighted by molar-refractivity contribution is 0.0983. The lowest BCUT2D eigenvalue weighted by atomic mass is 10.1. The summed E-state index contributed by atoms with van der Waals surface area (Å²) >= 11 is 1.53. The zero-order valence-corrected chi connectivity index (χ0v) is 16.3. The molecular formula is C22H20N2O2S. The molecule has 2 heterocycles. The second-order valence-electron chi connectivity index (χ2n) is 6.76. The van der Waals surface area contributed by atoms with Crippen LogP contribution in [0.4, 0.5) is 5.13 Å². The SMILES string of the molecule is Cc1ccc(C(=O)N(Cc2ccco2)c2nc3c(C)cc(C)cc3s2)cc1. The van der Waals surface area contributed by atoms with E-state index in [9.17, 15) is 4.79 Å². The van der Waals surface area contributed by atoms with Crippen LogP contribution in [0.15, 0.2) is 59.2 Å². The van der Waals surface area contributed by atoms with Crippen LogP contribution in [0.5, 0.6) is 0 Å². The van der Waals surface area contributed by atoms with Crippen molar-refractivity contribution in [2.75, 3.05) is 4.90 Å². The Balaban J connectivity index is 1.79. The molecule has 0 fully saturated rings. The summed E-state index contributed by atoms with van der Waals surface area (Å²) in [4.78, 5) is 19.7. The van der Waals surface area contributed by atoms with Crippen LogP contribution < -0.4 is 4.90 Å². The Morgan fingerprint density at radius 3 is 2.56 bits per heavy atom. The summed E-state index contributed by atoms with van der Waals surface area (Å²) in [5, 5.41) is 0.681. The van der Waals surface area contributed by atoms with Gasteiger partial charge in [0.05, 0.1) is 23.0 Å². The lowest BCUT2D eigenvalue weighted by Gasteiger charge is -2.19. The Kier molecular flexibility index (Phi) is 4.54. The number of hydrogen-bond donors (Lipinski definition) is 0. The van der Waals surface area contributed by atoms with Crippen LogP contribution in [0.3, 0.4) is 0 Å². The van der Waals surface area contributed by atoms with Crippen LogP contribution in [0, 0.1) is 20.8 Å². The Bertz CT molecular complexity index is 1100. The van der Waals surface area contributed by atoms with Gasteiger partial charge in [-0.3, -0.25) is 9.69 Å². The highest BCUT2D eigenvalue weighted by molar-refractivity contribution is 7.22. The van der Waals surface area contributed by atoms with Crippen LogP contribution in [-0.2, 0) is 6.54 Å². The number of amides is 1. The summed E-state index contributed by atoms with van der Waals surface area (Å²) in [7, 11) is 0. The number of furan rings is 1. The fourth-order valence-corrected chi connectivity index (χ4v) is 4.25. The maximum atomic E-state index is 13.3. The molecule has 0 aliphatic rings. The van der Waals surface area contributed by atoms with Gasteiger partial charge in [-0.05, 0) is 62.2 Å². The average molecular weight is 376 g/mol. The molecule has 0 bridgehead atoms. The molecule has 2 aromatic carbocycles. The number of nitrogens with zero attached hydrogens (tertiary/aromatic N) is 2. The molecule has 5 heteroatoms. The number of aromatic nitrogens is 1.